The number of amides is 1. The molecule has 1 aliphatic heterocycles. The van der Waals surface area contributed by atoms with Crippen molar-refractivity contribution in [3.63, 3.8) is 0 Å². The zero-order chi connectivity index (χ0) is 27.8. The van der Waals surface area contributed by atoms with Gasteiger partial charge in [0.2, 0.25) is 5.95 Å². The van der Waals surface area contributed by atoms with Crippen LogP contribution < -0.4 is 22.3 Å². The van der Waals surface area contributed by atoms with Crippen LogP contribution in [0.25, 0.3) is 10.9 Å². The predicted octanol–water partition coefficient (Wildman–Crippen LogP) is 3.62. The van der Waals surface area contributed by atoms with E-state index in [0.717, 1.165) is 0 Å². The topological polar surface area (TPSA) is 178 Å². The molecule has 0 unspecified atom stereocenters. The van der Waals surface area contributed by atoms with Crippen molar-refractivity contribution in [2.24, 2.45) is 0 Å². The van der Waals surface area contributed by atoms with Crippen LogP contribution in [0.15, 0.2) is 23.0 Å². The Labute approximate surface area is 224 Å². The van der Waals surface area contributed by atoms with E-state index in [1.165, 1.54) is 0 Å². The molecular weight excluding hydrogens is 510 g/mol. The lowest BCUT2D eigenvalue weighted by atomic mass is 10.0. The summed E-state index contributed by atoms with van der Waals surface area (Å²) in [6.45, 7) is 8.06. The number of ether oxygens (including phenoxy) is 1. The van der Waals surface area contributed by atoms with Gasteiger partial charge >= 0.3 is 6.09 Å². The fourth-order valence-electron chi connectivity index (χ4n) is 4.49. The number of nitrogens with zero attached hydrogens (tertiary/aromatic N) is 6. The molecule has 1 atom stereocenters. The molecule has 1 aromatic carbocycles. The Morgan fingerprint density at radius 1 is 1.24 bits per heavy atom. The van der Waals surface area contributed by atoms with Gasteiger partial charge in [-0.3, -0.25) is 9.36 Å². The monoisotopic (exact) mass is 539 g/mol. The number of fused-ring (bicyclic) bond motifs is 1. The van der Waals surface area contributed by atoms with Crippen LogP contribution in [0, 0.1) is 11.3 Å². The zero-order valence-corrected chi connectivity index (χ0v) is 22.4. The van der Waals surface area contributed by atoms with Crippen molar-refractivity contribution in [2.75, 3.05) is 29.9 Å². The number of nitrogens with one attached hydrogen (secondary N) is 1. The Balaban J connectivity index is 1.73. The van der Waals surface area contributed by atoms with Gasteiger partial charge in [-0.05, 0) is 52.7 Å². The van der Waals surface area contributed by atoms with Crippen molar-refractivity contribution in [1.29, 1.82) is 5.26 Å². The van der Waals surface area contributed by atoms with Crippen LogP contribution in [0.4, 0.5) is 22.4 Å². The van der Waals surface area contributed by atoms with E-state index in [-0.39, 0.29) is 40.8 Å². The van der Waals surface area contributed by atoms with Crippen LogP contribution in [0.1, 0.15) is 64.0 Å². The molecule has 0 bridgehead atoms. The van der Waals surface area contributed by atoms with E-state index < -0.39 is 11.6 Å². The van der Waals surface area contributed by atoms with Gasteiger partial charge in [0.05, 0.1) is 22.0 Å². The van der Waals surface area contributed by atoms with Crippen LogP contribution in [-0.2, 0) is 4.74 Å². The summed E-state index contributed by atoms with van der Waals surface area (Å²) in [5, 5.41) is 13.3. The number of aromatic nitrogens is 4. The Kier molecular flexibility index (Phi) is 7.33. The number of hydrogen-bond donors (Lipinski definition) is 3. The normalized spacial score (nSPS) is 15.2. The minimum Gasteiger partial charge on any atom is -0.444 e. The maximum atomic E-state index is 13.8. The lowest BCUT2D eigenvalue weighted by Gasteiger charge is -2.35. The van der Waals surface area contributed by atoms with Gasteiger partial charge in [-0.25, -0.2) is 9.78 Å². The summed E-state index contributed by atoms with van der Waals surface area (Å²) in [4.78, 5) is 40.8. The standard InChI is InChI=1S/C25H30ClN9O3/c1-13(30-20-15(12-27)19(28)32-23(29)33-20)21-31-17-7-5-6-16(26)18(17)22(36)35(21)14-8-10-34(11-9-14)24(37)38-25(2,3)4/h5-7,13-14H,8-11H2,1-4H3,(H5,28,29,30,32,33)/t13-/m0/s1. The second kappa shape index (κ2) is 10.3. The molecule has 1 fully saturated rings. The van der Waals surface area contributed by atoms with Crippen LogP contribution in [0.5, 0.6) is 0 Å². The van der Waals surface area contributed by atoms with Crippen molar-refractivity contribution < 1.29 is 9.53 Å². The molecule has 1 aliphatic rings. The first-order valence-corrected chi connectivity index (χ1v) is 12.6. The Morgan fingerprint density at radius 2 is 1.92 bits per heavy atom. The molecule has 38 heavy (non-hydrogen) atoms. The number of rotatable bonds is 4. The van der Waals surface area contributed by atoms with Crippen molar-refractivity contribution in [2.45, 2.75) is 58.2 Å². The average Bonchev–Trinajstić information content (AvgIpc) is 2.82. The van der Waals surface area contributed by atoms with Gasteiger partial charge in [0.25, 0.3) is 5.56 Å². The first-order valence-electron chi connectivity index (χ1n) is 12.2. The lowest BCUT2D eigenvalue weighted by molar-refractivity contribution is 0.0186. The number of carbonyl (C=O) groups excluding carboxylic acids is 1. The summed E-state index contributed by atoms with van der Waals surface area (Å²) in [5.41, 5.74) is 11.2. The van der Waals surface area contributed by atoms with Crippen LogP contribution >= 0.6 is 11.6 Å². The Morgan fingerprint density at radius 3 is 2.55 bits per heavy atom. The van der Waals surface area contributed by atoms with Gasteiger partial charge in [0.1, 0.15) is 28.9 Å². The molecule has 5 N–H and O–H groups in total. The van der Waals surface area contributed by atoms with Gasteiger partial charge < -0.3 is 26.4 Å². The van der Waals surface area contributed by atoms with Gasteiger partial charge in [-0.1, -0.05) is 17.7 Å². The largest absolute Gasteiger partial charge is 0.444 e. The summed E-state index contributed by atoms with van der Waals surface area (Å²) in [7, 11) is 0. The molecule has 4 rings (SSSR count). The second-order valence-corrected chi connectivity index (χ2v) is 10.6. The molecule has 0 spiro atoms. The maximum Gasteiger partial charge on any atom is 0.410 e. The molecule has 13 heteroatoms. The summed E-state index contributed by atoms with van der Waals surface area (Å²) < 4.78 is 7.13. The Hall–Kier alpha value is -4.11. The minimum absolute atomic E-state index is 0.0365. The molecule has 1 saturated heterocycles. The van der Waals surface area contributed by atoms with Crippen LogP contribution in [-0.4, -0.2) is 49.2 Å². The molecule has 1 amide bonds. The van der Waals surface area contributed by atoms with E-state index in [1.54, 1.807) is 34.6 Å². The van der Waals surface area contributed by atoms with Gasteiger partial charge in [0, 0.05) is 19.1 Å². The molecule has 3 aromatic rings. The number of piperidine rings is 1. The smallest absolute Gasteiger partial charge is 0.410 e. The van der Waals surface area contributed by atoms with E-state index in [2.05, 4.69) is 15.3 Å². The van der Waals surface area contributed by atoms with Crippen molar-refractivity contribution >= 4 is 46.2 Å². The number of benzene rings is 1. The quantitative estimate of drug-likeness (QED) is 0.443. The SMILES string of the molecule is C[C@H](Nc1nc(N)nc(N)c1C#N)c1nc2cccc(Cl)c2c(=O)n1C1CCN(C(=O)OC(C)(C)C)CC1. The highest BCUT2D eigenvalue weighted by Gasteiger charge is 2.31. The second-order valence-electron chi connectivity index (χ2n) is 10.1. The zero-order valence-electron chi connectivity index (χ0n) is 21.7. The number of hydrogen-bond acceptors (Lipinski definition) is 10. The van der Waals surface area contributed by atoms with E-state index >= 15 is 0 Å². The third-order valence-corrected chi connectivity index (χ3v) is 6.51. The molecular formula is C25H30ClN9O3. The molecule has 2 aromatic heterocycles. The fraction of sp³-hybridized carbons (Fsp3) is 0.440. The Bertz CT molecular complexity index is 1480. The van der Waals surface area contributed by atoms with Crippen molar-refractivity contribution in [1.82, 2.24) is 24.4 Å². The number of nitrogen functional groups attached to an aromatic ring is 2. The molecule has 12 nitrogen and oxygen atoms in total. The van der Waals surface area contributed by atoms with Crippen LogP contribution in [0.2, 0.25) is 5.02 Å². The molecule has 200 valence electrons. The van der Waals surface area contributed by atoms with Gasteiger partial charge in [-0.15, -0.1) is 0 Å². The van der Waals surface area contributed by atoms with E-state index in [1.807, 2.05) is 26.8 Å². The third-order valence-electron chi connectivity index (χ3n) is 6.19. The highest BCUT2D eigenvalue weighted by atomic mass is 35.5. The molecule has 0 aliphatic carbocycles. The lowest BCUT2D eigenvalue weighted by Crippen LogP contribution is -2.44. The molecule has 0 saturated carbocycles. The summed E-state index contributed by atoms with van der Waals surface area (Å²) in [6, 6.07) is 6.23. The summed E-state index contributed by atoms with van der Waals surface area (Å²) in [5.74, 6) is 0.401. The fourth-order valence-corrected chi connectivity index (χ4v) is 4.74. The number of likely N-dealkylation sites (tertiary alicyclic amines) is 1. The first-order chi connectivity index (χ1) is 17.9. The first kappa shape index (κ1) is 26.9. The minimum atomic E-state index is -0.603. The maximum absolute atomic E-state index is 13.8. The predicted molar refractivity (Wildman–Crippen MR) is 145 cm³/mol. The highest BCUT2D eigenvalue weighted by Crippen LogP contribution is 2.30. The summed E-state index contributed by atoms with van der Waals surface area (Å²) >= 11 is 6.42. The molecule has 0 radical (unpaired) electrons. The highest BCUT2D eigenvalue weighted by molar-refractivity contribution is 6.35. The average molecular weight is 540 g/mol. The van der Waals surface area contributed by atoms with Crippen LogP contribution in [0.3, 0.4) is 0 Å². The van der Waals surface area contributed by atoms with E-state index in [9.17, 15) is 14.9 Å². The number of nitrogens with two attached hydrogens (primary N) is 2. The van der Waals surface area contributed by atoms with Gasteiger partial charge in [0.15, 0.2) is 5.82 Å². The summed E-state index contributed by atoms with van der Waals surface area (Å²) in [6.07, 6.45) is 0.627. The third kappa shape index (κ3) is 5.43. The van der Waals surface area contributed by atoms with E-state index in [4.69, 9.17) is 32.8 Å². The van der Waals surface area contributed by atoms with Gasteiger partial charge in [-0.2, -0.15) is 15.2 Å². The number of anilines is 3. The molecule has 3 heterocycles. The van der Waals surface area contributed by atoms with E-state index in [0.29, 0.717) is 47.7 Å². The van der Waals surface area contributed by atoms with Crippen molar-refractivity contribution in [3.05, 3.63) is 45.0 Å². The number of carbonyl (C=O) groups is 1. The van der Waals surface area contributed by atoms with Crippen molar-refractivity contribution in [3.8, 4) is 6.07 Å². The number of halogens is 1. The number of nitriles is 1.